The molecule has 2 N–H and O–H groups in total. The van der Waals surface area contributed by atoms with Crippen molar-refractivity contribution < 1.29 is 14.7 Å². The Hall–Kier alpha value is -1.88. The highest BCUT2D eigenvalue weighted by Gasteiger charge is 2.31. The van der Waals surface area contributed by atoms with Gasteiger partial charge in [0, 0.05) is 25.7 Å². The molecule has 2 unspecified atom stereocenters. The lowest BCUT2D eigenvalue weighted by atomic mass is 9.89. The number of carbonyl (C=O) groups is 2. The number of rotatable bonds is 5. The van der Waals surface area contributed by atoms with Gasteiger partial charge in [0.2, 0.25) is 5.91 Å². The summed E-state index contributed by atoms with van der Waals surface area (Å²) in [6.45, 7) is 5.57. The minimum Gasteiger partial charge on any atom is -0.481 e. The van der Waals surface area contributed by atoms with Crippen molar-refractivity contribution in [3.8, 4) is 0 Å². The molecule has 0 saturated carbocycles. The van der Waals surface area contributed by atoms with Gasteiger partial charge in [0.05, 0.1) is 12.3 Å². The van der Waals surface area contributed by atoms with E-state index in [9.17, 15) is 9.59 Å². The molecule has 1 aliphatic heterocycles. The zero-order chi connectivity index (χ0) is 15.4. The Morgan fingerprint density at radius 2 is 2.14 bits per heavy atom. The molecule has 1 amide bonds. The molecule has 0 saturated heterocycles. The molecule has 5 heteroatoms. The molecule has 114 valence electrons. The summed E-state index contributed by atoms with van der Waals surface area (Å²) in [5.74, 6) is -1.10. The van der Waals surface area contributed by atoms with Gasteiger partial charge in [0.15, 0.2) is 0 Å². The molecule has 0 fully saturated rings. The quantitative estimate of drug-likeness (QED) is 0.864. The fourth-order valence-electron chi connectivity index (χ4n) is 2.96. The van der Waals surface area contributed by atoms with Crippen molar-refractivity contribution in [3.05, 3.63) is 35.4 Å². The smallest absolute Gasteiger partial charge is 0.305 e. The Balaban J connectivity index is 2.21. The molecule has 1 aromatic carbocycles. The lowest BCUT2D eigenvalue weighted by Gasteiger charge is -2.33. The maximum atomic E-state index is 12.8. The molecule has 2 rings (SSSR count). The van der Waals surface area contributed by atoms with Gasteiger partial charge in [0.25, 0.3) is 0 Å². The third-order valence-corrected chi connectivity index (χ3v) is 4.02. The normalized spacial score (nSPS) is 18.7. The van der Waals surface area contributed by atoms with Crippen LogP contribution in [0.1, 0.15) is 37.3 Å². The van der Waals surface area contributed by atoms with Crippen LogP contribution >= 0.6 is 0 Å². The summed E-state index contributed by atoms with van der Waals surface area (Å²) < 4.78 is 0. The summed E-state index contributed by atoms with van der Waals surface area (Å²) in [6.07, 6.45) is -0.0264. The Morgan fingerprint density at radius 3 is 2.81 bits per heavy atom. The summed E-state index contributed by atoms with van der Waals surface area (Å²) in [7, 11) is 0. The highest BCUT2D eigenvalue weighted by atomic mass is 16.4. The number of carbonyl (C=O) groups excluding carboxylic acids is 1. The summed E-state index contributed by atoms with van der Waals surface area (Å²) in [5.41, 5.74) is 2.20. The molecule has 5 nitrogen and oxygen atoms in total. The van der Waals surface area contributed by atoms with Gasteiger partial charge >= 0.3 is 5.97 Å². The number of fused-ring (bicyclic) bond motifs is 1. The van der Waals surface area contributed by atoms with Crippen LogP contribution in [-0.2, 0) is 16.1 Å². The molecule has 1 aromatic rings. The molecule has 0 aliphatic carbocycles. The van der Waals surface area contributed by atoms with E-state index in [4.69, 9.17) is 5.11 Å². The van der Waals surface area contributed by atoms with Gasteiger partial charge in [-0.3, -0.25) is 9.59 Å². The lowest BCUT2D eigenvalue weighted by molar-refractivity contribution is -0.141. The zero-order valence-electron chi connectivity index (χ0n) is 12.5. The predicted molar refractivity (Wildman–Crippen MR) is 80.0 cm³/mol. The topological polar surface area (TPSA) is 69.6 Å². The number of nitrogens with zero attached hydrogens (tertiary/aromatic N) is 1. The molecular weight excluding hydrogens is 268 g/mol. The molecular formula is C16H22N2O3. The fraction of sp³-hybridized carbons (Fsp3) is 0.500. The molecule has 0 radical (unpaired) electrons. The molecule has 0 bridgehead atoms. The van der Waals surface area contributed by atoms with Crippen LogP contribution in [-0.4, -0.2) is 41.0 Å². The zero-order valence-corrected chi connectivity index (χ0v) is 12.5. The maximum Gasteiger partial charge on any atom is 0.305 e. The molecule has 0 aromatic heterocycles. The number of carboxylic acids is 1. The maximum absolute atomic E-state index is 12.8. The van der Waals surface area contributed by atoms with Crippen molar-refractivity contribution in [1.29, 1.82) is 0 Å². The van der Waals surface area contributed by atoms with E-state index in [1.54, 1.807) is 11.8 Å². The van der Waals surface area contributed by atoms with Crippen molar-refractivity contribution in [2.75, 3.05) is 13.1 Å². The van der Waals surface area contributed by atoms with E-state index in [2.05, 4.69) is 5.32 Å². The first-order valence-corrected chi connectivity index (χ1v) is 7.35. The fourth-order valence-corrected chi connectivity index (χ4v) is 2.96. The monoisotopic (exact) mass is 290 g/mol. The number of likely N-dealkylation sites (N-methyl/N-ethyl adjacent to an activating group) is 1. The van der Waals surface area contributed by atoms with Gasteiger partial charge in [-0.1, -0.05) is 24.3 Å². The second kappa shape index (κ2) is 6.72. The van der Waals surface area contributed by atoms with Gasteiger partial charge in [-0.15, -0.1) is 0 Å². The molecule has 1 heterocycles. The molecule has 1 aliphatic rings. The van der Waals surface area contributed by atoms with Crippen LogP contribution in [0.25, 0.3) is 0 Å². The number of amides is 1. The van der Waals surface area contributed by atoms with Crippen LogP contribution in [0.3, 0.4) is 0 Å². The first-order valence-electron chi connectivity index (χ1n) is 7.35. The van der Waals surface area contributed by atoms with Crippen molar-refractivity contribution in [1.82, 2.24) is 10.2 Å². The van der Waals surface area contributed by atoms with E-state index in [1.165, 1.54) is 0 Å². The average molecular weight is 290 g/mol. The van der Waals surface area contributed by atoms with Crippen LogP contribution in [0.15, 0.2) is 24.3 Å². The third-order valence-electron chi connectivity index (χ3n) is 4.02. The second-order valence-corrected chi connectivity index (χ2v) is 5.45. The van der Waals surface area contributed by atoms with Gasteiger partial charge in [-0.2, -0.15) is 0 Å². The Bertz CT molecular complexity index is 530. The largest absolute Gasteiger partial charge is 0.481 e. The predicted octanol–water partition coefficient (Wildman–Crippen LogP) is 1.59. The summed E-state index contributed by atoms with van der Waals surface area (Å²) in [6, 6.07) is 7.64. The lowest BCUT2D eigenvalue weighted by Crippen LogP contribution is -2.46. The first kappa shape index (κ1) is 15.5. The Morgan fingerprint density at radius 1 is 1.43 bits per heavy atom. The SMILES string of the molecule is CCN(C(=O)C1CNCc2ccccc21)C(C)CC(=O)O. The number of nitrogens with one attached hydrogen (secondary N) is 1. The van der Waals surface area contributed by atoms with Crippen molar-refractivity contribution in [2.24, 2.45) is 0 Å². The minimum atomic E-state index is -0.879. The third kappa shape index (κ3) is 3.42. The minimum absolute atomic E-state index is 0.00546. The first-order chi connectivity index (χ1) is 10.0. The van der Waals surface area contributed by atoms with E-state index < -0.39 is 5.97 Å². The van der Waals surface area contributed by atoms with Crippen LogP contribution < -0.4 is 5.32 Å². The highest BCUT2D eigenvalue weighted by Crippen LogP contribution is 2.26. The molecule has 21 heavy (non-hydrogen) atoms. The number of hydrogen-bond acceptors (Lipinski definition) is 3. The van der Waals surface area contributed by atoms with Crippen LogP contribution in [0.5, 0.6) is 0 Å². The highest BCUT2D eigenvalue weighted by molar-refractivity contribution is 5.85. The van der Waals surface area contributed by atoms with Gasteiger partial charge in [-0.05, 0) is 25.0 Å². The standard InChI is InChI=1S/C16H22N2O3/c1-3-18(11(2)8-15(19)20)16(21)14-10-17-9-12-6-4-5-7-13(12)14/h4-7,11,14,17H,3,8-10H2,1-2H3,(H,19,20). The molecule has 0 spiro atoms. The number of carboxylic acid groups (broad SMARTS) is 1. The number of hydrogen-bond donors (Lipinski definition) is 2. The van der Waals surface area contributed by atoms with E-state index >= 15 is 0 Å². The summed E-state index contributed by atoms with van der Waals surface area (Å²) in [4.78, 5) is 25.4. The second-order valence-electron chi connectivity index (χ2n) is 5.45. The summed E-state index contributed by atoms with van der Waals surface area (Å²) in [5, 5.41) is 12.2. The van der Waals surface area contributed by atoms with Crippen LogP contribution in [0.2, 0.25) is 0 Å². The van der Waals surface area contributed by atoms with Crippen LogP contribution in [0, 0.1) is 0 Å². The molecule has 2 atom stereocenters. The van der Waals surface area contributed by atoms with Crippen molar-refractivity contribution in [2.45, 2.75) is 38.8 Å². The van der Waals surface area contributed by atoms with Gasteiger partial charge in [-0.25, -0.2) is 0 Å². The van der Waals surface area contributed by atoms with Gasteiger partial charge in [0.1, 0.15) is 0 Å². The number of aliphatic carboxylic acids is 1. The van der Waals surface area contributed by atoms with E-state index in [0.717, 1.165) is 17.7 Å². The van der Waals surface area contributed by atoms with Crippen LogP contribution in [0.4, 0.5) is 0 Å². The number of benzene rings is 1. The Kier molecular flexibility index (Phi) is 4.96. The van der Waals surface area contributed by atoms with E-state index in [-0.39, 0.29) is 24.3 Å². The van der Waals surface area contributed by atoms with Gasteiger partial charge < -0.3 is 15.3 Å². The van der Waals surface area contributed by atoms with Crippen molar-refractivity contribution >= 4 is 11.9 Å². The van der Waals surface area contributed by atoms with E-state index in [0.29, 0.717) is 13.1 Å². The van der Waals surface area contributed by atoms with Crippen molar-refractivity contribution in [3.63, 3.8) is 0 Å². The summed E-state index contributed by atoms with van der Waals surface area (Å²) >= 11 is 0. The van der Waals surface area contributed by atoms with E-state index in [1.807, 2.05) is 31.2 Å². The Labute approximate surface area is 125 Å². The average Bonchev–Trinajstić information content (AvgIpc) is 2.46.